The van der Waals surface area contributed by atoms with Gasteiger partial charge in [-0.1, -0.05) is 0 Å². The van der Waals surface area contributed by atoms with E-state index in [1.807, 2.05) is 0 Å². The van der Waals surface area contributed by atoms with Crippen LogP contribution in [-0.2, 0) is 27.8 Å². The highest BCUT2D eigenvalue weighted by atomic mass is 32.2. The molecular formula is C18H25N7O5S2. The zero-order chi connectivity index (χ0) is 23.3. The van der Waals surface area contributed by atoms with Crippen molar-refractivity contribution in [3.8, 4) is 0 Å². The highest BCUT2D eigenvalue weighted by Crippen LogP contribution is 2.22. The maximum atomic E-state index is 11.7. The zero-order valence-electron chi connectivity index (χ0n) is 17.5. The predicted molar refractivity (Wildman–Crippen MR) is 122 cm³/mol. The first-order chi connectivity index (χ1) is 15.1. The van der Waals surface area contributed by atoms with E-state index in [4.69, 9.17) is 22.1 Å². The van der Waals surface area contributed by atoms with Crippen LogP contribution in [-0.4, -0.2) is 65.8 Å². The van der Waals surface area contributed by atoms with E-state index in [9.17, 15) is 18.5 Å². The van der Waals surface area contributed by atoms with Gasteiger partial charge in [0.25, 0.3) is 0 Å². The first-order valence-electron chi connectivity index (χ1n) is 9.83. The van der Waals surface area contributed by atoms with Gasteiger partial charge in [0.05, 0.1) is 24.7 Å². The van der Waals surface area contributed by atoms with Gasteiger partial charge in [-0.15, -0.1) is 0 Å². The molecule has 14 heteroatoms. The number of nitrogens with two attached hydrogens (primary N) is 1. The lowest BCUT2D eigenvalue weighted by molar-refractivity contribution is -0.393. The third-order valence-corrected chi connectivity index (χ3v) is 6.09. The highest BCUT2D eigenvalue weighted by molar-refractivity contribution is 7.89. The molecule has 1 aromatic heterocycles. The summed E-state index contributed by atoms with van der Waals surface area (Å²) in [5.41, 5.74) is 1.01. The molecule has 0 unspecified atom stereocenters. The van der Waals surface area contributed by atoms with Crippen LogP contribution < -0.4 is 15.8 Å². The van der Waals surface area contributed by atoms with Gasteiger partial charge in [-0.25, -0.2) is 23.1 Å². The summed E-state index contributed by atoms with van der Waals surface area (Å²) in [6.07, 6.45) is 0. The Hall–Kier alpha value is -2.65. The van der Waals surface area contributed by atoms with Gasteiger partial charge in [-0.2, -0.15) is 0 Å². The number of anilines is 1. The molecule has 1 fully saturated rings. The number of hydrogen-bond donors (Lipinski definition) is 3. The maximum Gasteiger partial charge on any atom is 0.347 e. The minimum atomic E-state index is -3.76. The van der Waals surface area contributed by atoms with Crippen LogP contribution in [0.5, 0.6) is 0 Å². The molecule has 1 aliphatic heterocycles. The van der Waals surface area contributed by atoms with Gasteiger partial charge >= 0.3 is 5.82 Å². The van der Waals surface area contributed by atoms with Crippen molar-refractivity contribution < 1.29 is 18.1 Å². The van der Waals surface area contributed by atoms with Crippen molar-refractivity contribution in [2.24, 2.45) is 5.14 Å². The summed E-state index contributed by atoms with van der Waals surface area (Å²) < 4.78 is 29.5. The first kappa shape index (κ1) is 24.0. The predicted octanol–water partition coefficient (Wildman–Crippen LogP) is 0.566. The molecule has 32 heavy (non-hydrogen) atoms. The van der Waals surface area contributed by atoms with E-state index >= 15 is 0 Å². The van der Waals surface area contributed by atoms with Gasteiger partial charge < -0.3 is 25.5 Å². The lowest BCUT2D eigenvalue weighted by Crippen LogP contribution is -2.36. The molecule has 0 aliphatic carbocycles. The van der Waals surface area contributed by atoms with Crippen molar-refractivity contribution in [1.82, 2.24) is 19.8 Å². The Morgan fingerprint density at radius 3 is 2.56 bits per heavy atom. The molecule has 1 aromatic carbocycles. The Labute approximate surface area is 190 Å². The smallest absolute Gasteiger partial charge is 0.347 e. The monoisotopic (exact) mass is 483 g/mol. The van der Waals surface area contributed by atoms with E-state index in [0.29, 0.717) is 68.3 Å². The fourth-order valence-electron chi connectivity index (χ4n) is 3.35. The maximum absolute atomic E-state index is 11.7. The number of imidazole rings is 1. The number of hydrogen-bond acceptors (Lipinski definition) is 8. The van der Waals surface area contributed by atoms with Gasteiger partial charge in [-0.05, 0) is 41.4 Å². The quantitative estimate of drug-likeness (QED) is 0.275. The molecule has 2 heterocycles. The van der Waals surface area contributed by atoms with E-state index in [1.54, 1.807) is 11.5 Å². The van der Waals surface area contributed by atoms with Gasteiger partial charge in [0.15, 0.2) is 16.6 Å². The molecule has 1 saturated heterocycles. The summed E-state index contributed by atoms with van der Waals surface area (Å²) in [5.74, 6) is 0.535. The standard InChI is InChI=1S/C18H25N7O5S2/c1-13-21-16(12-23-8-10-30-11-9-23)17(25(26)27)24(13)7-6-20-18(31)22-14-2-4-15(5-3-14)32(19,28)29/h2-5H,6-12H2,1H3,(H2,19,28,29)(H2,20,22,31). The second kappa shape index (κ2) is 10.3. The van der Waals surface area contributed by atoms with Crippen LogP contribution in [0.1, 0.15) is 11.5 Å². The number of benzene rings is 1. The molecule has 174 valence electrons. The van der Waals surface area contributed by atoms with E-state index < -0.39 is 14.9 Å². The molecule has 0 atom stereocenters. The number of sulfonamides is 1. The third-order valence-electron chi connectivity index (χ3n) is 4.91. The topological polar surface area (TPSA) is 158 Å². The van der Waals surface area contributed by atoms with Gasteiger partial charge in [0.2, 0.25) is 10.0 Å². The fraction of sp³-hybridized carbons (Fsp3) is 0.444. The molecule has 12 nitrogen and oxygen atoms in total. The number of aryl methyl sites for hydroxylation is 1. The summed E-state index contributed by atoms with van der Waals surface area (Å²) in [4.78, 5) is 17.8. The van der Waals surface area contributed by atoms with E-state index in [2.05, 4.69) is 20.5 Å². The number of thiocarbonyl (C=S) groups is 1. The number of nitrogens with zero attached hydrogens (tertiary/aromatic N) is 4. The van der Waals surface area contributed by atoms with Crippen LogP contribution in [0.15, 0.2) is 29.2 Å². The van der Waals surface area contributed by atoms with Crippen molar-refractivity contribution in [2.45, 2.75) is 24.9 Å². The Kier molecular flexibility index (Phi) is 7.73. The Bertz CT molecular complexity index is 1080. The molecule has 3 rings (SSSR count). The number of rotatable bonds is 8. The van der Waals surface area contributed by atoms with Crippen molar-refractivity contribution in [3.63, 3.8) is 0 Å². The average Bonchev–Trinajstić information content (AvgIpc) is 3.03. The molecule has 0 radical (unpaired) electrons. The molecule has 0 bridgehead atoms. The van der Waals surface area contributed by atoms with Crippen molar-refractivity contribution in [1.29, 1.82) is 0 Å². The molecule has 4 N–H and O–H groups in total. The number of aromatic nitrogens is 2. The van der Waals surface area contributed by atoms with Crippen LogP contribution in [0.3, 0.4) is 0 Å². The minimum Gasteiger partial charge on any atom is -0.379 e. The first-order valence-corrected chi connectivity index (χ1v) is 11.8. The van der Waals surface area contributed by atoms with Gasteiger partial charge in [-0.3, -0.25) is 4.90 Å². The third kappa shape index (κ3) is 6.20. The average molecular weight is 484 g/mol. The number of ether oxygens (including phenoxy) is 1. The molecule has 1 aliphatic rings. The van der Waals surface area contributed by atoms with Gasteiger partial charge in [0.1, 0.15) is 6.54 Å². The van der Waals surface area contributed by atoms with Crippen LogP contribution in [0.25, 0.3) is 0 Å². The van der Waals surface area contributed by atoms with Crippen LogP contribution in [0.4, 0.5) is 11.5 Å². The minimum absolute atomic E-state index is 0.00213. The number of nitro groups is 1. The molecule has 0 spiro atoms. The Morgan fingerprint density at radius 2 is 1.97 bits per heavy atom. The summed E-state index contributed by atoms with van der Waals surface area (Å²) in [6.45, 7) is 5.39. The van der Waals surface area contributed by atoms with Crippen LogP contribution in [0, 0.1) is 17.0 Å². The lowest BCUT2D eigenvalue weighted by Gasteiger charge is -2.25. The highest BCUT2D eigenvalue weighted by Gasteiger charge is 2.27. The van der Waals surface area contributed by atoms with Crippen LogP contribution in [0.2, 0.25) is 0 Å². The normalized spacial score (nSPS) is 14.8. The van der Waals surface area contributed by atoms with Crippen molar-refractivity contribution >= 4 is 38.9 Å². The molecule has 0 amide bonds. The second-order valence-corrected chi connectivity index (χ2v) is 9.15. The second-order valence-electron chi connectivity index (χ2n) is 7.18. The van der Waals surface area contributed by atoms with E-state index in [-0.39, 0.29) is 10.7 Å². The largest absolute Gasteiger partial charge is 0.379 e. The molecule has 0 saturated carbocycles. The molecular weight excluding hydrogens is 458 g/mol. The van der Waals surface area contributed by atoms with Gasteiger partial charge in [0, 0.05) is 32.2 Å². The van der Waals surface area contributed by atoms with E-state index in [0.717, 1.165) is 0 Å². The molecule has 2 aromatic rings. The summed E-state index contributed by atoms with van der Waals surface area (Å²) in [6, 6.07) is 5.82. The Balaban J connectivity index is 1.58. The fourth-order valence-corrected chi connectivity index (χ4v) is 4.08. The summed E-state index contributed by atoms with van der Waals surface area (Å²) >= 11 is 5.25. The van der Waals surface area contributed by atoms with Crippen LogP contribution >= 0.6 is 12.2 Å². The van der Waals surface area contributed by atoms with E-state index in [1.165, 1.54) is 24.3 Å². The van der Waals surface area contributed by atoms with Crippen molar-refractivity contribution in [2.75, 3.05) is 38.2 Å². The Morgan fingerprint density at radius 1 is 1.31 bits per heavy atom. The summed E-state index contributed by atoms with van der Waals surface area (Å²) in [5, 5.41) is 23.0. The SMILES string of the molecule is Cc1nc(CN2CCOCC2)c([N+](=O)[O-])n1CCNC(=S)Nc1ccc(S(N)(=O)=O)cc1. The number of nitrogens with one attached hydrogen (secondary N) is 2. The number of morpholine rings is 1. The summed E-state index contributed by atoms with van der Waals surface area (Å²) in [7, 11) is -3.76. The zero-order valence-corrected chi connectivity index (χ0v) is 19.1. The van der Waals surface area contributed by atoms with Crippen molar-refractivity contribution in [3.05, 3.63) is 45.9 Å². The lowest BCUT2D eigenvalue weighted by atomic mass is 10.3. The number of primary sulfonamides is 1.